The maximum atomic E-state index is 5.90. The lowest BCUT2D eigenvalue weighted by molar-refractivity contribution is 0.171. The van der Waals surface area contributed by atoms with Crippen LogP contribution in [0.5, 0.6) is 11.5 Å². The van der Waals surface area contributed by atoms with E-state index in [1.807, 2.05) is 6.92 Å². The van der Waals surface area contributed by atoms with Crippen molar-refractivity contribution >= 4 is 0 Å². The van der Waals surface area contributed by atoms with Crippen LogP contribution in [0.15, 0.2) is 12.1 Å². The van der Waals surface area contributed by atoms with Gasteiger partial charge in [-0.3, -0.25) is 0 Å². The molecule has 94 valence electrons. The highest BCUT2D eigenvalue weighted by molar-refractivity contribution is 5.49. The van der Waals surface area contributed by atoms with E-state index in [9.17, 15) is 0 Å². The van der Waals surface area contributed by atoms with Gasteiger partial charge in [-0.1, -0.05) is 13.8 Å². The number of hydrogen-bond donors (Lipinski definition) is 1. The summed E-state index contributed by atoms with van der Waals surface area (Å²) in [5.74, 6) is 2.20. The summed E-state index contributed by atoms with van der Waals surface area (Å²) in [6, 6.07) is 4.36. The Kier molecular flexibility index (Phi) is 3.57. The highest BCUT2D eigenvalue weighted by Crippen LogP contribution is 2.36. The van der Waals surface area contributed by atoms with Gasteiger partial charge in [0.2, 0.25) is 0 Å². The highest BCUT2D eigenvalue weighted by atomic mass is 16.6. The van der Waals surface area contributed by atoms with Crippen molar-refractivity contribution in [3.8, 4) is 11.5 Å². The Morgan fingerprint density at radius 1 is 1.12 bits per heavy atom. The van der Waals surface area contributed by atoms with Crippen molar-refractivity contribution in [1.82, 2.24) is 0 Å². The van der Waals surface area contributed by atoms with Gasteiger partial charge in [0.1, 0.15) is 13.2 Å². The Morgan fingerprint density at radius 3 is 2.24 bits per heavy atom. The molecule has 0 bridgehead atoms. The van der Waals surface area contributed by atoms with E-state index in [0.29, 0.717) is 19.1 Å². The molecule has 0 spiro atoms. The van der Waals surface area contributed by atoms with Crippen molar-refractivity contribution in [3.63, 3.8) is 0 Å². The second-order valence-electron chi connectivity index (χ2n) is 5.03. The third-order valence-electron chi connectivity index (χ3n) is 2.97. The van der Waals surface area contributed by atoms with Crippen LogP contribution in [0.1, 0.15) is 37.8 Å². The number of fused-ring (bicyclic) bond motifs is 1. The van der Waals surface area contributed by atoms with Crippen LogP contribution in [0.4, 0.5) is 0 Å². The van der Waals surface area contributed by atoms with Gasteiger partial charge in [0.25, 0.3) is 0 Å². The summed E-state index contributed by atoms with van der Waals surface area (Å²) < 4.78 is 11.2. The standard InChI is InChI=1S/C14H21NO2/c1-9(2)12-8-14-13(16-4-5-17-14)7-11(12)6-10(3)15/h7-10H,4-6,15H2,1-3H3. The third-order valence-corrected chi connectivity index (χ3v) is 2.97. The predicted molar refractivity (Wildman–Crippen MR) is 68.9 cm³/mol. The predicted octanol–water partition coefficient (Wildman–Crippen LogP) is 2.47. The topological polar surface area (TPSA) is 44.5 Å². The van der Waals surface area contributed by atoms with Gasteiger partial charge in [0, 0.05) is 6.04 Å². The molecule has 2 rings (SSSR count). The molecule has 1 aliphatic heterocycles. The SMILES string of the molecule is CC(N)Cc1cc2c(cc1C(C)C)OCCO2. The lowest BCUT2D eigenvalue weighted by Crippen LogP contribution is -2.20. The van der Waals surface area contributed by atoms with Gasteiger partial charge in [-0.15, -0.1) is 0 Å². The van der Waals surface area contributed by atoms with Gasteiger partial charge < -0.3 is 15.2 Å². The lowest BCUT2D eigenvalue weighted by atomic mass is 9.93. The maximum absolute atomic E-state index is 5.90. The first kappa shape index (κ1) is 12.2. The van der Waals surface area contributed by atoms with Crippen molar-refractivity contribution in [2.24, 2.45) is 5.73 Å². The minimum absolute atomic E-state index is 0.162. The van der Waals surface area contributed by atoms with Crippen LogP contribution in [-0.2, 0) is 6.42 Å². The first-order chi connectivity index (χ1) is 8.08. The van der Waals surface area contributed by atoms with Crippen molar-refractivity contribution < 1.29 is 9.47 Å². The number of hydrogen-bond acceptors (Lipinski definition) is 3. The Hall–Kier alpha value is -1.22. The average molecular weight is 235 g/mol. The fraction of sp³-hybridized carbons (Fsp3) is 0.571. The van der Waals surface area contributed by atoms with Crippen LogP contribution in [-0.4, -0.2) is 19.3 Å². The van der Waals surface area contributed by atoms with Gasteiger partial charge in [-0.2, -0.15) is 0 Å². The van der Waals surface area contributed by atoms with Crippen molar-refractivity contribution in [2.75, 3.05) is 13.2 Å². The summed E-state index contributed by atoms with van der Waals surface area (Å²) in [4.78, 5) is 0. The molecule has 1 unspecified atom stereocenters. The molecule has 2 N–H and O–H groups in total. The maximum Gasteiger partial charge on any atom is 0.161 e. The third kappa shape index (κ3) is 2.72. The van der Waals surface area contributed by atoms with Crippen molar-refractivity contribution in [1.29, 1.82) is 0 Å². The number of rotatable bonds is 3. The fourth-order valence-electron chi connectivity index (χ4n) is 2.21. The van der Waals surface area contributed by atoms with Crippen LogP contribution in [0.25, 0.3) is 0 Å². The van der Waals surface area contributed by atoms with E-state index in [2.05, 4.69) is 26.0 Å². The molecule has 1 atom stereocenters. The summed E-state index contributed by atoms with van der Waals surface area (Å²) >= 11 is 0. The molecule has 0 fully saturated rings. The molecule has 0 amide bonds. The first-order valence-corrected chi connectivity index (χ1v) is 6.26. The number of benzene rings is 1. The largest absolute Gasteiger partial charge is 0.486 e. The van der Waals surface area contributed by atoms with Crippen LogP contribution < -0.4 is 15.2 Å². The van der Waals surface area contributed by atoms with Gasteiger partial charge >= 0.3 is 0 Å². The van der Waals surface area contributed by atoms with Gasteiger partial charge in [-0.25, -0.2) is 0 Å². The summed E-state index contributed by atoms with van der Waals surface area (Å²) in [6.45, 7) is 7.68. The monoisotopic (exact) mass is 235 g/mol. The second-order valence-corrected chi connectivity index (χ2v) is 5.03. The molecule has 1 aliphatic rings. The van der Waals surface area contributed by atoms with Crippen LogP contribution >= 0.6 is 0 Å². The minimum Gasteiger partial charge on any atom is -0.486 e. The van der Waals surface area contributed by atoms with Crippen LogP contribution in [0, 0.1) is 0 Å². The molecule has 0 saturated carbocycles. The van der Waals surface area contributed by atoms with Crippen molar-refractivity contribution in [3.05, 3.63) is 23.3 Å². The molecule has 0 radical (unpaired) electrons. The molecule has 1 heterocycles. The van der Waals surface area contributed by atoms with Crippen LogP contribution in [0.2, 0.25) is 0 Å². The van der Waals surface area contributed by atoms with E-state index in [0.717, 1.165) is 17.9 Å². The van der Waals surface area contributed by atoms with E-state index < -0.39 is 0 Å². The Bertz CT molecular complexity index is 399. The van der Waals surface area contributed by atoms with E-state index in [1.165, 1.54) is 11.1 Å². The summed E-state index contributed by atoms with van der Waals surface area (Å²) in [7, 11) is 0. The molecular formula is C14H21NO2. The molecule has 0 aromatic heterocycles. The number of nitrogens with two attached hydrogens (primary N) is 1. The molecular weight excluding hydrogens is 214 g/mol. The quantitative estimate of drug-likeness (QED) is 0.875. The Labute approximate surface area is 103 Å². The molecule has 3 nitrogen and oxygen atoms in total. The lowest BCUT2D eigenvalue weighted by Gasteiger charge is -2.23. The fourth-order valence-corrected chi connectivity index (χ4v) is 2.21. The zero-order valence-corrected chi connectivity index (χ0v) is 10.8. The molecule has 3 heteroatoms. The van der Waals surface area contributed by atoms with Crippen LogP contribution in [0.3, 0.4) is 0 Å². The first-order valence-electron chi connectivity index (χ1n) is 6.26. The smallest absolute Gasteiger partial charge is 0.161 e. The Balaban J connectivity index is 2.40. The van der Waals surface area contributed by atoms with Gasteiger partial charge in [0.15, 0.2) is 11.5 Å². The van der Waals surface area contributed by atoms with E-state index in [-0.39, 0.29) is 6.04 Å². The summed E-state index contributed by atoms with van der Waals surface area (Å²) in [5, 5.41) is 0. The summed E-state index contributed by atoms with van der Waals surface area (Å²) in [5.41, 5.74) is 8.49. The number of ether oxygens (including phenoxy) is 2. The molecule has 17 heavy (non-hydrogen) atoms. The van der Waals surface area contributed by atoms with E-state index in [4.69, 9.17) is 15.2 Å². The van der Waals surface area contributed by atoms with E-state index >= 15 is 0 Å². The molecule has 0 saturated heterocycles. The molecule has 1 aromatic carbocycles. The summed E-state index contributed by atoms with van der Waals surface area (Å²) in [6.07, 6.45) is 0.879. The normalized spacial score (nSPS) is 16.1. The Morgan fingerprint density at radius 2 is 1.71 bits per heavy atom. The zero-order chi connectivity index (χ0) is 12.4. The average Bonchev–Trinajstić information content (AvgIpc) is 2.27. The molecule has 1 aromatic rings. The van der Waals surface area contributed by atoms with Crippen molar-refractivity contribution in [2.45, 2.75) is 39.2 Å². The second kappa shape index (κ2) is 4.96. The highest BCUT2D eigenvalue weighted by Gasteiger charge is 2.17. The zero-order valence-electron chi connectivity index (χ0n) is 10.8. The molecule has 0 aliphatic carbocycles. The minimum atomic E-state index is 0.162. The van der Waals surface area contributed by atoms with E-state index in [1.54, 1.807) is 0 Å². The van der Waals surface area contributed by atoms with Gasteiger partial charge in [0.05, 0.1) is 0 Å². The van der Waals surface area contributed by atoms with Gasteiger partial charge in [-0.05, 0) is 42.5 Å².